The Hall–Kier alpha value is -2.06. The summed E-state index contributed by atoms with van der Waals surface area (Å²) >= 11 is 0. The number of nitriles is 1. The number of aliphatic hydroxyl groups excluding tert-OH is 1. The van der Waals surface area contributed by atoms with Crippen LogP contribution in [0.25, 0.3) is 0 Å². The standard InChI is InChI=1S/C15H19N3O2/c1-10(19)13-5-4-11(8-16)7-14(13)18-6-2-3-12(9-18)15(17)20/h4-5,7,10,12,19H,2-3,6,9H2,1H3,(H2,17,20). The number of piperidine rings is 1. The summed E-state index contributed by atoms with van der Waals surface area (Å²) in [6.45, 7) is 3.04. The summed E-state index contributed by atoms with van der Waals surface area (Å²) in [5.41, 5.74) is 7.54. The molecule has 5 heteroatoms. The van der Waals surface area contributed by atoms with E-state index in [9.17, 15) is 9.90 Å². The highest BCUT2D eigenvalue weighted by Crippen LogP contribution is 2.31. The Labute approximate surface area is 118 Å². The smallest absolute Gasteiger partial charge is 0.222 e. The highest BCUT2D eigenvalue weighted by atomic mass is 16.3. The van der Waals surface area contributed by atoms with Crippen LogP contribution in [0.15, 0.2) is 18.2 Å². The van der Waals surface area contributed by atoms with Crippen LogP contribution >= 0.6 is 0 Å². The Kier molecular flexibility index (Phi) is 4.26. The third kappa shape index (κ3) is 2.91. The number of aliphatic hydroxyl groups is 1. The van der Waals surface area contributed by atoms with Crippen molar-refractivity contribution in [3.05, 3.63) is 29.3 Å². The molecule has 0 aliphatic carbocycles. The topological polar surface area (TPSA) is 90.3 Å². The number of carbonyl (C=O) groups is 1. The Bertz CT molecular complexity index is 549. The summed E-state index contributed by atoms with van der Waals surface area (Å²) in [4.78, 5) is 13.4. The molecule has 106 valence electrons. The van der Waals surface area contributed by atoms with Crippen LogP contribution in [0.5, 0.6) is 0 Å². The molecule has 1 aliphatic heterocycles. The molecule has 5 nitrogen and oxygen atoms in total. The van der Waals surface area contributed by atoms with Gasteiger partial charge >= 0.3 is 0 Å². The first-order valence-corrected chi connectivity index (χ1v) is 6.79. The van der Waals surface area contributed by atoms with Crippen LogP contribution in [-0.4, -0.2) is 24.1 Å². The maximum Gasteiger partial charge on any atom is 0.222 e. The summed E-state index contributed by atoms with van der Waals surface area (Å²) in [6, 6.07) is 7.34. The van der Waals surface area contributed by atoms with E-state index in [1.54, 1.807) is 25.1 Å². The van der Waals surface area contributed by atoms with Gasteiger partial charge < -0.3 is 15.7 Å². The van der Waals surface area contributed by atoms with E-state index in [1.807, 2.05) is 4.90 Å². The first-order valence-electron chi connectivity index (χ1n) is 6.79. The molecule has 1 aromatic rings. The summed E-state index contributed by atoms with van der Waals surface area (Å²) in [7, 11) is 0. The molecule has 0 aromatic heterocycles. The van der Waals surface area contributed by atoms with Crippen LogP contribution in [0, 0.1) is 17.2 Å². The fourth-order valence-corrected chi connectivity index (χ4v) is 2.67. The van der Waals surface area contributed by atoms with E-state index in [2.05, 4.69) is 6.07 Å². The summed E-state index contributed by atoms with van der Waals surface area (Å²) in [5.74, 6) is -0.457. The highest BCUT2D eigenvalue weighted by molar-refractivity contribution is 5.77. The minimum Gasteiger partial charge on any atom is -0.389 e. The molecule has 1 saturated heterocycles. The van der Waals surface area contributed by atoms with Crippen molar-refractivity contribution in [3.63, 3.8) is 0 Å². The average molecular weight is 273 g/mol. The monoisotopic (exact) mass is 273 g/mol. The van der Waals surface area contributed by atoms with E-state index in [1.165, 1.54) is 0 Å². The Morgan fingerprint density at radius 1 is 1.60 bits per heavy atom. The number of rotatable bonds is 3. The van der Waals surface area contributed by atoms with E-state index >= 15 is 0 Å². The zero-order valence-electron chi connectivity index (χ0n) is 11.5. The van der Waals surface area contributed by atoms with Gasteiger partial charge in [0.1, 0.15) is 0 Å². The Morgan fingerprint density at radius 2 is 2.35 bits per heavy atom. The molecule has 3 N–H and O–H groups in total. The summed E-state index contributed by atoms with van der Waals surface area (Å²) in [5, 5.41) is 18.9. The van der Waals surface area contributed by atoms with Crippen molar-refractivity contribution in [2.75, 3.05) is 18.0 Å². The van der Waals surface area contributed by atoms with Gasteiger partial charge in [0.15, 0.2) is 0 Å². The van der Waals surface area contributed by atoms with Crippen molar-refractivity contribution in [2.45, 2.75) is 25.9 Å². The number of nitrogens with zero attached hydrogens (tertiary/aromatic N) is 2. The molecular formula is C15H19N3O2. The Balaban J connectivity index is 2.35. The molecule has 1 aliphatic rings. The molecule has 1 aromatic carbocycles. The van der Waals surface area contributed by atoms with E-state index in [-0.39, 0.29) is 11.8 Å². The van der Waals surface area contributed by atoms with Crippen LogP contribution in [0.3, 0.4) is 0 Å². The van der Waals surface area contributed by atoms with Gasteiger partial charge in [-0.3, -0.25) is 4.79 Å². The zero-order valence-corrected chi connectivity index (χ0v) is 11.5. The number of hydrogen-bond donors (Lipinski definition) is 2. The van der Waals surface area contributed by atoms with Gasteiger partial charge in [0.25, 0.3) is 0 Å². The van der Waals surface area contributed by atoms with Gasteiger partial charge in [-0.15, -0.1) is 0 Å². The van der Waals surface area contributed by atoms with Gasteiger partial charge in [-0.2, -0.15) is 5.26 Å². The van der Waals surface area contributed by atoms with Crippen LogP contribution in [0.4, 0.5) is 5.69 Å². The van der Waals surface area contributed by atoms with E-state index < -0.39 is 6.10 Å². The van der Waals surface area contributed by atoms with Gasteiger partial charge in [0.2, 0.25) is 5.91 Å². The normalized spacial score (nSPS) is 20.2. The van der Waals surface area contributed by atoms with E-state index in [0.717, 1.165) is 30.6 Å². The zero-order chi connectivity index (χ0) is 14.7. The van der Waals surface area contributed by atoms with Gasteiger partial charge in [-0.1, -0.05) is 6.07 Å². The summed E-state index contributed by atoms with van der Waals surface area (Å²) < 4.78 is 0. The number of benzene rings is 1. The number of nitrogens with two attached hydrogens (primary N) is 1. The predicted octanol–water partition coefficient (Wildman–Crippen LogP) is 1.31. The minimum absolute atomic E-state index is 0.170. The third-order valence-electron chi connectivity index (χ3n) is 3.77. The van der Waals surface area contributed by atoms with Crippen molar-refractivity contribution in [3.8, 4) is 6.07 Å². The highest BCUT2D eigenvalue weighted by Gasteiger charge is 2.26. The number of amides is 1. The lowest BCUT2D eigenvalue weighted by Gasteiger charge is -2.34. The molecule has 2 unspecified atom stereocenters. The van der Waals surface area contributed by atoms with Gasteiger partial charge in [-0.25, -0.2) is 0 Å². The van der Waals surface area contributed by atoms with Crippen LogP contribution in [0.1, 0.15) is 37.0 Å². The number of anilines is 1. The lowest BCUT2D eigenvalue weighted by molar-refractivity contribution is -0.122. The van der Waals surface area contributed by atoms with Gasteiger partial charge in [-0.05, 0) is 31.9 Å². The first kappa shape index (κ1) is 14.4. The maximum atomic E-state index is 11.4. The van der Waals surface area contributed by atoms with E-state index in [4.69, 9.17) is 11.0 Å². The fourth-order valence-electron chi connectivity index (χ4n) is 2.67. The van der Waals surface area contributed by atoms with Gasteiger partial charge in [0.05, 0.1) is 23.7 Å². The fraction of sp³-hybridized carbons (Fsp3) is 0.467. The molecule has 0 spiro atoms. The van der Waals surface area contributed by atoms with Crippen LogP contribution in [-0.2, 0) is 4.79 Å². The molecule has 20 heavy (non-hydrogen) atoms. The predicted molar refractivity (Wildman–Crippen MR) is 75.9 cm³/mol. The molecule has 0 saturated carbocycles. The lowest BCUT2D eigenvalue weighted by Crippen LogP contribution is -2.41. The Morgan fingerprint density at radius 3 is 2.95 bits per heavy atom. The molecule has 2 atom stereocenters. The first-order chi connectivity index (χ1) is 9.52. The number of carbonyl (C=O) groups excluding carboxylic acids is 1. The second-order valence-electron chi connectivity index (χ2n) is 5.25. The molecule has 1 heterocycles. The van der Waals surface area contributed by atoms with Crippen molar-refractivity contribution in [2.24, 2.45) is 11.7 Å². The quantitative estimate of drug-likeness (QED) is 0.868. The van der Waals surface area contributed by atoms with Crippen molar-refractivity contribution < 1.29 is 9.90 Å². The molecule has 0 radical (unpaired) electrons. The van der Waals surface area contributed by atoms with Gasteiger partial charge in [0, 0.05) is 24.3 Å². The molecule has 0 bridgehead atoms. The second-order valence-corrected chi connectivity index (χ2v) is 5.25. The SMILES string of the molecule is CC(O)c1ccc(C#N)cc1N1CCCC(C(N)=O)C1. The third-order valence-corrected chi connectivity index (χ3v) is 3.77. The number of hydrogen-bond acceptors (Lipinski definition) is 4. The largest absolute Gasteiger partial charge is 0.389 e. The summed E-state index contributed by atoms with van der Waals surface area (Å²) in [6.07, 6.45) is 1.06. The van der Waals surface area contributed by atoms with Crippen LogP contribution in [0.2, 0.25) is 0 Å². The van der Waals surface area contributed by atoms with Crippen molar-refractivity contribution >= 4 is 11.6 Å². The molecule has 1 fully saturated rings. The van der Waals surface area contributed by atoms with E-state index in [0.29, 0.717) is 12.1 Å². The van der Waals surface area contributed by atoms with Crippen molar-refractivity contribution in [1.29, 1.82) is 5.26 Å². The number of primary amides is 1. The second kappa shape index (κ2) is 5.93. The molecular weight excluding hydrogens is 254 g/mol. The van der Waals surface area contributed by atoms with Crippen LogP contribution < -0.4 is 10.6 Å². The molecule has 2 rings (SSSR count). The maximum absolute atomic E-state index is 11.4. The lowest BCUT2D eigenvalue weighted by atomic mass is 9.95. The average Bonchev–Trinajstić information content (AvgIpc) is 2.46. The molecule has 1 amide bonds. The van der Waals surface area contributed by atoms with Crippen molar-refractivity contribution in [1.82, 2.24) is 0 Å². The minimum atomic E-state index is -0.619.